The van der Waals surface area contributed by atoms with E-state index in [2.05, 4.69) is 6.07 Å². The second-order valence-corrected chi connectivity index (χ2v) is 5.84. The monoisotopic (exact) mass is 321 g/mol. The summed E-state index contributed by atoms with van der Waals surface area (Å²) in [6.45, 7) is 3.24. The molecule has 0 spiro atoms. The van der Waals surface area contributed by atoms with E-state index in [1.165, 1.54) is 6.92 Å². The number of ether oxygens (including phenoxy) is 1. The molecule has 0 saturated heterocycles. The number of ketones is 2. The lowest BCUT2D eigenvalue weighted by Gasteiger charge is -2.26. The molecule has 3 rings (SSSR count). The van der Waals surface area contributed by atoms with Gasteiger partial charge in [0, 0.05) is 23.6 Å². The Hall–Kier alpha value is -2.75. The Labute approximate surface area is 140 Å². The van der Waals surface area contributed by atoms with Crippen LogP contribution in [0.1, 0.15) is 52.1 Å². The fourth-order valence-electron chi connectivity index (χ4n) is 3.13. The van der Waals surface area contributed by atoms with Gasteiger partial charge in [0.25, 0.3) is 5.60 Å². The third kappa shape index (κ3) is 2.35. The highest BCUT2D eigenvalue weighted by Crippen LogP contribution is 2.41. The SMILES string of the molecule is CCCc1cc[c]c(C2(OC(C)=O)C(=O)c3ccccc3C2=O)c1. The number of hydrogen-bond acceptors (Lipinski definition) is 4. The van der Waals surface area contributed by atoms with Crippen molar-refractivity contribution in [3.63, 3.8) is 0 Å². The van der Waals surface area contributed by atoms with Gasteiger partial charge in [0.05, 0.1) is 0 Å². The van der Waals surface area contributed by atoms with E-state index in [-0.39, 0.29) is 16.7 Å². The lowest BCUT2D eigenvalue weighted by atomic mass is 9.87. The molecule has 4 heteroatoms. The number of aryl methyl sites for hydroxylation is 1. The van der Waals surface area contributed by atoms with Crippen molar-refractivity contribution in [2.75, 3.05) is 0 Å². The van der Waals surface area contributed by atoms with Crippen LogP contribution in [-0.4, -0.2) is 17.5 Å². The van der Waals surface area contributed by atoms with Crippen molar-refractivity contribution in [2.45, 2.75) is 32.3 Å². The Morgan fingerprint density at radius 1 is 1.12 bits per heavy atom. The summed E-state index contributed by atoms with van der Waals surface area (Å²) in [5.74, 6) is -1.70. The van der Waals surface area contributed by atoms with Crippen LogP contribution in [0.5, 0.6) is 0 Å². The summed E-state index contributed by atoms with van der Waals surface area (Å²) in [6, 6.07) is 14.7. The zero-order valence-electron chi connectivity index (χ0n) is 13.6. The minimum absolute atomic E-state index is 0.276. The molecule has 2 aromatic rings. The van der Waals surface area contributed by atoms with Crippen molar-refractivity contribution in [1.29, 1.82) is 0 Å². The average Bonchev–Trinajstić information content (AvgIpc) is 2.78. The molecule has 0 atom stereocenters. The van der Waals surface area contributed by atoms with Crippen LogP contribution in [0.4, 0.5) is 0 Å². The molecular weight excluding hydrogens is 304 g/mol. The van der Waals surface area contributed by atoms with E-state index < -0.39 is 23.1 Å². The van der Waals surface area contributed by atoms with Crippen LogP contribution in [0, 0.1) is 6.07 Å². The molecule has 0 amide bonds. The predicted octanol–water partition coefficient (Wildman–Crippen LogP) is 3.28. The summed E-state index contributed by atoms with van der Waals surface area (Å²) in [5.41, 5.74) is -0.153. The molecule has 0 unspecified atom stereocenters. The van der Waals surface area contributed by atoms with Gasteiger partial charge in [0.1, 0.15) is 0 Å². The highest BCUT2D eigenvalue weighted by Gasteiger charge is 2.57. The molecule has 1 aliphatic carbocycles. The second kappa shape index (κ2) is 6.04. The smallest absolute Gasteiger partial charge is 0.304 e. The molecule has 0 fully saturated rings. The molecule has 0 heterocycles. The average molecular weight is 321 g/mol. The fraction of sp³-hybridized carbons (Fsp3) is 0.250. The summed E-state index contributed by atoms with van der Waals surface area (Å²) in [4.78, 5) is 37.7. The van der Waals surface area contributed by atoms with Crippen molar-refractivity contribution in [1.82, 2.24) is 0 Å². The first-order valence-electron chi connectivity index (χ1n) is 7.90. The Morgan fingerprint density at radius 3 is 2.29 bits per heavy atom. The number of Topliss-reactive ketones (excluding diaryl/α,β-unsaturated/α-hetero) is 2. The maximum Gasteiger partial charge on any atom is 0.304 e. The Morgan fingerprint density at radius 2 is 1.75 bits per heavy atom. The lowest BCUT2D eigenvalue weighted by Crippen LogP contribution is -2.42. The highest BCUT2D eigenvalue weighted by molar-refractivity contribution is 6.32. The van der Waals surface area contributed by atoms with Crippen LogP contribution in [0.3, 0.4) is 0 Å². The van der Waals surface area contributed by atoms with Crippen LogP contribution in [0.25, 0.3) is 0 Å². The number of carbonyl (C=O) groups is 3. The van der Waals surface area contributed by atoms with Crippen molar-refractivity contribution in [3.8, 4) is 0 Å². The molecular formula is C20H17O4. The number of rotatable bonds is 4. The van der Waals surface area contributed by atoms with Crippen LogP contribution in [0.15, 0.2) is 42.5 Å². The predicted molar refractivity (Wildman–Crippen MR) is 87.8 cm³/mol. The summed E-state index contributed by atoms with van der Waals surface area (Å²) in [7, 11) is 0. The third-order valence-electron chi connectivity index (χ3n) is 4.14. The van der Waals surface area contributed by atoms with E-state index >= 15 is 0 Å². The topological polar surface area (TPSA) is 60.4 Å². The van der Waals surface area contributed by atoms with Gasteiger partial charge >= 0.3 is 5.97 Å². The van der Waals surface area contributed by atoms with Gasteiger partial charge in [-0.3, -0.25) is 14.4 Å². The Bertz CT molecular complexity index is 800. The Kier molecular flexibility index (Phi) is 4.06. The molecule has 121 valence electrons. The van der Waals surface area contributed by atoms with E-state index in [0.29, 0.717) is 0 Å². The summed E-state index contributed by atoms with van der Waals surface area (Å²) < 4.78 is 5.36. The van der Waals surface area contributed by atoms with Crippen molar-refractivity contribution in [2.24, 2.45) is 0 Å². The zero-order valence-corrected chi connectivity index (χ0v) is 13.6. The number of carbonyl (C=O) groups excluding carboxylic acids is 3. The summed E-state index contributed by atoms with van der Waals surface area (Å²) in [5, 5.41) is 0. The first-order valence-corrected chi connectivity index (χ1v) is 7.90. The molecule has 0 bridgehead atoms. The number of esters is 1. The number of benzene rings is 2. The normalized spacial score (nSPS) is 15.2. The molecule has 24 heavy (non-hydrogen) atoms. The summed E-state index contributed by atoms with van der Waals surface area (Å²) >= 11 is 0. The minimum atomic E-state index is -1.96. The van der Waals surface area contributed by atoms with Crippen LogP contribution in [0.2, 0.25) is 0 Å². The van der Waals surface area contributed by atoms with Gasteiger partial charge in [-0.05, 0) is 18.1 Å². The van der Waals surface area contributed by atoms with E-state index in [1.54, 1.807) is 36.4 Å². The lowest BCUT2D eigenvalue weighted by molar-refractivity contribution is -0.149. The molecule has 0 saturated carbocycles. The van der Waals surface area contributed by atoms with Crippen LogP contribution < -0.4 is 0 Å². The molecule has 2 aromatic carbocycles. The van der Waals surface area contributed by atoms with Crippen molar-refractivity contribution in [3.05, 3.63) is 70.8 Å². The van der Waals surface area contributed by atoms with Gasteiger partial charge in [-0.2, -0.15) is 0 Å². The van der Waals surface area contributed by atoms with Gasteiger partial charge < -0.3 is 4.74 Å². The first kappa shape index (κ1) is 16.1. The third-order valence-corrected chi connectivity index (χ3v) is 4.14. The summed E-state index contributed by atoms with van der Waals surface area (Å²) in [6.07, 6.45) is 1.72. The van der Waals surface area contributed by atoms with Gasteiger partial charge in [-0.15, -0.1) is 0 Å². The fourth-order valence-corrected chi connectivity index (χ4v) is 3.13. The highest BCUT2D eigenvalue weighted by atomic mass is 16.6. The molecule has 0 aromatic heterocycles. The van der Waals surface area contributed by atoms with Gasteiger partial charge in [-0.25, -0.2) is 0 Å². The number of fused-ring (bicyclic) bond motifs is 1. The van der Waals surface area contributed by atoms with E-state index in [9.17, 15) is 14.4 Å². The van der Waals surface area contributed by atoms with E-state index in [0.717, 1.165) is 18.4 Å². The van der Waals surface area contributed by atoms with Crippen LogP contribution in [-0.2, 0) is 21.6 Å². The number of hydrogen-bond donors (Lipinski definition) is 0. The van der Waals surface area contributed by atoms with Crippen LogP contribution >= 0.6 is 0 Å². The minimum Gasteiger partial charge on any atom is -0.437 e. The van der Waals surface area contributed by atoms with Gasteiger partial charge in [-0.1, -0.05) is 55.8 Å². The Balaban J connectivity index is 2.21. The van der Waals surface area contributed by atoms with Crippen molar-refractivity contribution < 1.29 is 19.1 Å². The molecule has 4 nitrogen and oxygen atoms in total. The van der Waals surface area contributed by atoms with E-state index in [4.69, 9.17) is 4.74 Å². The van der Waals surface area contributed by atoms with Gasteiger partial charge in [0.15, 0.2) is 0 Å². The van der Waals surface area contributed by atoms with Crippen molar-refractivity contribution >= 4 is 17.5 Å². The van der Waals surface area contributed by atoms with E-state index in [1.807, 2.05) is 13.0 Å². The molecule has 0 N–H and O–H groups in total. The first-order chi connectivity index (χ1) is 11.5. The molecule has 1 aliphatic rings. The molecule has 1 radical (unpaired) electrons. The largest absolute Gasteiger partial charge is 0.437 e. The molecule has 0 aliphatic heterocycles. The quantitative estimate of drug-likeness (QED) is 0.640. The maximum atomic E-state index is 13.0. The van der Waals surface area contributed by atoms with Gasteiger partial charge in [0.2, 0.25) is 11.6 Å². The second-order valence-electron chi connectivity index (χ2n) is 5.84. The standard InChI is InChI=1S/C20H17O4/c1-3-7-14-8-6-9-15(12-14)20(24-13(2)21)18(22)16-10-4-5-11-17(16)19(20)23/h4-6,8,10-12H,3,7H2,1-2H3. The zero-order chi connectivity index (χ0) is 17.3. The maximum absolute atomic E-state index is 13.0.